The van der Waals surface area contributed by atoms with E-state index >= 15 is 0 Å². The van der Waals surface area contributed by atoms with E-state index < -0.39 is 17.8 Å². The van der Waals surface area contributed by atoms with Crippen LogP contribution in [0.1, 0.15) is 12.8 Å². The number of carboxylic acid groups (broad SMARTS) is 1. The summed E-state index contributed by atoms with van der Waals surface area (Å²) in [4.78, 5) is 23.9. The number of aliphatic carboxylic acids is 1. The van der Waals surface area contributed by atoms with Crippen LogP contribution in [0, 0.1) is 11.8 Å². The second kappa shape index (κ2) is 7.51. The molecule has 0 heterocycles. The monoisotopic (exact) mass is 471 g/mol. The summed E-state index contributed by atoms with van der Waals surface area (Å²) < 4.78 is 0. The molecule has 1 aliphatic rings. The molecule has 0 aromatic heterocycles. The van der Waals surface area contributed by atoms with E-state index in [4.69, 9.17) is 23.2 Å². The van der Waals surface area contributed by atoms with Gasteiger partial charge in [0.15, 0.2) is 0 Å². The van der Waals surface area contributed by atoms with Gasteiger partial charge in [-0.15, -0.1) is 0 Å². The zero-order chi connectivity index (χ0) is 16.4. The number of amides is 1. The molecule has 2 N–H and O–H groups in total. The van der Waals surface area contributed by atoms with Crippen molar-refractivity contribution in [3.05, 3.63) is 28.2 Å². The molecule has 0 radical (unpaired) electrons. The third-order valence-corrected chi connectivity index (χ3v) is 7.15. The van der Waals surface area contributed by atoms with Crippen LogP contribution in [0.2, 0.25) is 10.0 Å². The van der Waals surface area contributed by atoms with Crippen molar-refractivity contribution in [1.82, 2.24) is 0 Å². The van der Waals surface area contributed by atoms with Crippen molar-refractivity contribution in [3.63, 3.8) is 0 Å². The fourth-order valence-electron chi connectivity index (χ4n) is 2.48. The summed E-state index contributed by atoms with van der Waals surface area (Å²) in [5.74, 6) is -2.61. The van der Waals surface area contributed by atoms with Gasteiger partial charge in [-0.05, 0) is 31.0 Å². The minimum absolute atomic E-state index is 0.0302. The zero-order valence-electron chi connectivity index (χ0n) is 11.2. The smallest absolute Gasteiger partial charge is 0.307 e. The Hall–Kier alpha value is -0.300. The first-order valence-corrected chi connectivity index (χ1v) is 9.15. The molecule has 22 heavy (non-hydrogen) atoms. The molecule has 8 heteroatoms. The largest absolute Gasteiger partial charge is 0.481 e. The first-order chi connectivity index (χ1) is 10.3. The van der Waals surface area contributed by atoms with Crippen molar-refractivity contribution in [2.24, 2.45) is 11.8 Å². The van der Waals surface area contributed by atoms with Crippen LogP contribution in [0.4, 0.5) is 5.69 Å². The molecule has 1 saturated carbocycles. The number of hydrogen-bond acceptors (Lipinski definition) is 2. The van der Waals surface area contributed by atoms with Crippen LogP contribution in [0.3, 0.4) is 0 Å². The number of hydrogen-bond donors (Lipinski definition) is 2. The maximum Gasteiger partial charge on any atom is 0.307 e. The van der Waals surface area contributed by atoms with E-state index in [0.29, 0.717) is 28.6 Å². The van der Waals surface area contributed by atoms with Crippen LogP contribution in [-0.4, -0.2) is 26.6 Å². The topological polar surface area (TPSA) is 66.4 Å². The standard InChI is InChI=1S/C14H13Br2Cl2NO3/c15-9-4-7(8(14(21)22)5-10(9)16)13(20)19-6-1-2-11(17)12(18)3-6/h1-3,7-10H,4-5H2,(H,19,20)(H,21,22)/t7-,8+,9+,10-/m1/s1. The Balaban J connectivity index is 2.15. The lowest BCUT2D eigenvalue weighted by atomic mass is 9.78. The number of nitrogens with one attached hydrogen (secondary N) is 1. The SMILES string of the molecule is O=C(O)[C@H]1C[C@@H](Br)[C@@H](Br)C[C@H]1C(=O)Nc1ccc(Cl)c(Cl)c1. The third-order valence-electron chi connectivity index (χ3n) is 3.68. The Morgan fingerprint density at radius 2 is 1.68 bits per heavy atom. The normalized spacial score (nSPS) is 28.2. The molecule has 0 bridgehead atoms. The van der Waals surface area contributed by atoms with Crippen LogP contribution in [0.25, 0.3) is 0 Å². The highest BCUT2D eigenvalue weighted by molar-refractivity contribution is 9.12. The molecule has 0 spiro atoms. The molecule has 120 valence electrons. The lowest BCUT2D eigenvalue weighted by Crippen LogP contribution is -2.42. The number of anilines is 1. The van der Waals surface area contributed by atoms with Crippen LogP contribution in [0.5, 0.6) is 0 Å². The molecule has 0 aliphatic heterocycles. The fraction of sp³-hybridized carbons (Fsp3) is 0.429. The Morgan fingerprint density at radius 1 is 1.09 bits per heavy atom. The number of alkyl halides is 2. The van der Waals surface area contributed by atoms with E-state index in [2.05, 4.69) is 37.2 Å². The van der Waals surface area contributed by atoms with E-state index in [1.807, 2.05) is 0 Å². The number of halogens is 4. The summed E-state index contributed by atoms with van der Waals surface area (Å²) in [5.41, 5.74) is 0.496. The number of carbonyl (C=O) groups excluding carboxylic acids is 1. The molecule has 2 rings (SSSR count). The average Bonchev–Trinajstić information content (AvgIpc) is 2.45. The molecule has 1 amide bonds. The van der Waals surface area contributed by atoms with Gasteiger partial charge in [0.05, 0.1) is 21.9 Å². The van der Waals surface area contributed by atoms with Gasteiger partial charge in [-0.1, -0.05) is 55.1 Å². The second-order valence-corrected chi connectivity index (χ2v) is 8.34. The van der Waals surface area contributed by atoms with Crippen LogP contribution >= 0.6 is 55.1 Å². The van der Waals surface area contributed by atoms with Crippen molar-refractivity contribution in [1.29, 1.82) is 0 Å². The van der Waals surface area contributed by atoms with E-state index in [9.17, 15) is 14.7 Å². The maximum atomic E-state index is 12.4. The zero-order valence-corrected chi connectivity index (χ0v) is 15.9. The van der Waals surface area contributed by atoms with Gasteiger partial charge in [-0.25, -0.2) is 0 Å². The van der Waals surface area contributed by atoms with Gasteiger partial charge in [0, 0.05) is 15.3 Å². The first-order valence-electron chi connectivity index (χ1n) is 6.56. The quantitative estimate of drug-likeness (QED) is 0.632. The summed E-state index contributed by atoms with van der Waals surface area (Å²) in [6.45, 7) is 0. The Kier molecular flexibility index (Phi) is 6.16. The summed E-state index contributed by atoms with van der Waals surface area (Å²) in [5, 5.41) is 12.8. The highest BCUT2D eigenvalue weighted by Gasteiger charge is 2.42. The molecule has 0 saturated heterocycles. The van der Waals surface area contributed by atoms with Gasteiger partial charge < -0.3 is 10.4 Å². The van der Waals surface area contributed by atoms with Gasteiger partial charge in [-0.2, -0.15) is 0 Å². The molecule has 1 fully saturated rings. The van der Waals surface area contributed by atoms with E-state index in [1.165, 1.54) is 0 Å². The van der Waals surface area contributed by atoms with E-state index in [-0.39, 0.29) is 15.6 Å². The predicted molar refractivity (Wildman–Crippen MR) is 94.4 cm³/mol. The number of carboxylic acids is 1. The Bertz CT molecular complexity index is 599. The van der Waals surface area contributed by atoms with Crippen molar-refractivity contribution in [2.45, 2.75) is 22.5 Å². The van der Waals surface area contributed by atoms with Gasteiger partial charge in [0.1, 0.15) is 0 Å². The summed E-state index contributed by atoms with van der Waals surface area (Å²) >= 11 is 18.7. The third kappa shape index (κ3) is 4.16. The van der Waals surface area contributed by atoms with Crippen LogP contribution in [0.15, 0.2) is 18.2 Å². The number of benzene rings is 1. The van der Waals surface area contributed by atoms with E-state index in [1.54, 1.807) is 18.2 Å². The highest BCUT2D eigenvalue weighted by atomic mass is 79.9. The molecular formula is C14H13Br2Cl2NO3. The van der Waals surface area contributed by atoms with Crippen molar-refractivity contribution in [3.8, 4) is 0 Å². The number of carbonyl (C=O) groups is 2. The molecule has 1 aliphatic carbocycles. The lowest BCUT2D eigenvalue weighted by Gasteiger charge is -2.34. The van der Waals surface area contributed by atoms with E-state index in [0.717, 1.165) is 0 Å². The second-order valence-electron chi connectivity index (χ2n) is 5.17. The summed E-state index contributed by atoms with van der Waals surface area (Å²) in [7, 11) is 0. The van der Waals surface area contributed by atoms with Gasteiger partial charge in [0.25, 0.3) is 0 Å². The first kappa shape index (κ1) is 18.0. The van der Waals surface area contributed by atoms with Gasteiger partial charge in [-0.3, -0.25) is 9.59 Å². The maximum absolute atomic E-state index is 12.4. The Labute approximate surface area is 154 Å². The molecule has 4 atom stereocenters. The van der Waals surface area contributed by atoms with Crippen LogP contribution in [-0.2, 0) is 9.59 Å². The van der Waals surface area contributed by atoms with Crippen LogP contribution < -0.4 is 5.32 Å². The molecule has 1 aromatic rings. The summed E-state index contributed by atoms with van der Waals surface area (Å²) in [6.07, 6.45) is 0.838. The average molecular weight is 474 g/mol. The number of rotatable bonds is 3. The molecular weight excluding hydrogens is 461 g/mol. The minimum atomic E-state index is -0.960. The minimum Gasteiger partial charge on any atom is -0.481 e. The van der Waals surface area contributed by atoms with Crippen molar-refractivity contribution >= 4 is 72.6 Å². The summed E-state index contributed by atoms with van der Waals surface area (Å²) in [6, 6.07) is 4.75. The Morgan fingerprint density at radius 3 is 2.23 bits per heavy atom. The lowest BCUT2D eigenvalue weighted by molar-refractivity contribution is -0.147. The fourth-order valence-corrected chi connectivity index (χ4v) is 4.02. The molecule has 0 unspecified atom stereocenters. The van der Waals surface area contributed by atoms with Gasteiger partial charge in [0.2, 0.25) is 5.91 Å². The molecule has 4 nitrogen and oxygen atoms in total. The van der Waals surface area contributed by atoms with Crippen molar-refractivity contribution in [2.75, 3.05) is 5.32 Å². The highest BCUT2D eigenvalue weighted by Crippen LogP contribution is 2.38. The molecule has 1 aromatic carbocycles. The van der Waals surface area contributed by atoms with Gasteiger partial charge >= 0.3 is 5.97 Å². The van der Waals surface area contributed by atoms with Crippen molar-refractivity contribution < 1.29 is 14.7 Å². The predicted octanol–water partition coefficient (Wildman–Crippen LogP) is 4.57.